The molecular formula is C27H28F2N2O4. The molecule has 0 bridgehead atoms. The molecule has 3 fully saturated rings. The van der Waals surface area contributed by atoms with Crippen molar-refractivity contribution in [3.63, 3.8) is 0 Å². The summed E-state index contributed by atoms with van der Waals surface area (Å²) >= 11 is 0. The molecule has 1 N–H and O–H groups in total. The lowest BCUT2D eigenvalue weighted by Crippen LogP contribution is -2.53. The summed E-state index contributed by atoms with van der Waals surface area (Å²) in [6.07, 6.45) is 0.451. The van der Waals surface area contributed by atoms with Gasteiger partial charge < -0.3 is 14.9 Å². The molecular weight excluding hydrogens is 454 g/mol. The summed E-state index contributed by atoms with van der Waals surface area (Å²) in [5, 5.41) is 10.0. The summed E-state index contributed by atoms with van der Waals surface area (Å²) < 4.78 is 26.1. The number of rotatable bonds is 6. The zero-order valence-corrected chi connectivity index (χ0v) is 19.4. The Balaban J connectivity index is 1.18. The van der Waals surface area contributed by atoms with Gasteiger partial charge in [-0.15, -0.1) is 0 Å². The molecule has 0 unspecified atom stereocenters. The molecule has 2 aromatic rings. The third-order valence-electron chi connectivity index (χ3n) is 7.29. The van der Waals surface area contributed by atoms with Crippen molar-refractivity contribution in [2.75, 3.05) is 26.2 Å². The van der Waals surface area contributed by atoms with Crippen molar-refractivity contribution in [1.82, 2.24) is 9.80 Å². The minimum atomic E-state index is -2.70. The molecule has 5 rings (SSSR count). The fourth-order valence-corrected chi connectivity index (χ4v) is 4.82. The van der Waals surface area contributed by atoms with E-state index >= 15 is 0 Å². The van der Waals surface area contributed by atoms with Crippen LogP contribution in [0.5, 0.6) is 0 Å². The van der Waals surface area contributed by atoms with E-state index in [-0.39, 0.29) is 36.9 Å². The molecule has 2 saturated carbocycles. The van der Waals surface area contributed by atoms with Gasteiger partial charge in [-0.3, -0.25) is 14.4 Å². The number of Topliss-reactive ketones (excluding diaryl/α,β-unsaturated/α-hetero) is 1. The summed E-state index contributed by atoms with van der Waals surface area (Å²) in [6, 6.07) is 14.7. The lowest BCUT2D eigenvalue weighted by atomic mass is 9.77. The van der Waals surface area contributed by atoms with Gasteiger partial charge in [-0.1, -0.05) is 36.4 Å². The second-order valence-corrected chi connectivity index (χ2v) is 10.00. The van der Waals surface area contributed by atoms with Gasteiger partial charge in [-0.2, -0.15) is 0 Å². The van der Waals surface area contributed by atoms with Gasteiger partial charge in [0.25, 0.3) is 11.8 Å². The SMILES string of the molecule is O=C(Cc1cccc(-c2ccc(C(=O)N3CCN(C(=O)C4(O)CC4)CC3)cc2)c1)C1CC(F)(F)C1. The van der Waals surface area contributed by atoms with Crippen LogP contribution < -0.4 is 0 Å². The lowest BCUT2D eigenvalue weighted by molar-refractivity contribution is -0.147. The quantitative estimate of drug-likeness (QED) is 0.685. The van der Waals surface area contributed by atoms with Gasteiger partial charge in [0, 0.05) is 56.9 Å². The Bertz CT molecular complexity index is 1140. The van der Waals surface area contributed by atoms with Gasteiger partial charge in [0.2, 0.25) is 5.92 Å². The van der Waals surface area contributed by atoms with Gasteiger partial charge in [0.05, 0.1) is 0 Å². The number of hydrogen-bond donors (Lipinski definition) is 1. The predicted octanol–water partition coefficient (Wildman–Crippen LogP) is 3.32. The van der Waals surface area contributed by atoms with Crippen molar-refractivity contribution in [3.8, 4) is 11.1 Å². The molecule has 6 nitrogen and oxygen atoms in total. The van der Waals surface area contributed by atoms with E-state index in [9.17, 15) is 28.3 Å². The number of carbonyl (C=O) groups excluding carboxylic acids is 3. The Labute approximate surface area is 202 Å². The summed E-state index contributed by atoms with van der Waals surface area (Å²) in [7, 11) is 0. The largest absolute Gasteiger partial charge is 0.380 e. The molecule has 1 saturated heterocycles. The fourth-order valence-electron chi connectivity index (χ4n) is 4.82. The molecule has 8 heteroatoms. The number of nitrogens with zero attached hydrogens (tertiary/aromatic N) is 2. The van der Waals surface area contributed by atoms with Crippen molar-refractivity contribution in [2.24, 2.45) is 5.92 Å². The van der Waals surface area contributed by atoms with E-state index in [4.69, 9.17) is 0 Å². The van der Waals surface area contributed by atoms with Crippen LogP contribution in [0.2, 0.25) is 0 Å². The van der Waals surface area contributed by atoms with E-state index in [1.165, 1.54) is 0 Å². The first-order chi connectivity index (χ1) is 16.6. The number of halogens is 2. The Morgan fingerprint density at radius 1 is 0.886 bits per heavy atom. The van der Waals surface area contributed by atoms with Crippen molar-refractivity contribution >= 4 is 17.6 Å². The Morgan fingerprint density at radius 2 is 1.51 bits per heavy atom. The van der Waals surface area contributed by atoms with E-state index in [0.29, 0.717) is 44.6 Å². The molecule has 0 aromatic heterocycles. The minimum Gasteiger partial charge on any atom is -0.380 e. The van der Waals surface area contributed by atoms with Gasteiger partial charge in [-0.25, -0.2) is 8.78 Å². The summed E-state index contributed by atoms with van der Waals surface area (Å²) in [5.41, 5.74) is 1.92. The highest BCUT2D eigenvalue weighted by molar-refractivity contribution is 5.95. The second-order valence-electron chi connectivity index (χ2n) is 10.00. The summed E-state index contributed by atoms with van der Waals surface area (Å²) in [6.45, 7) is 1.67. The van der Waals surface area contributed by atoms with Crippen molar-refractivity contribution < 1.29 is 28.3 Å². The van der Waals surface area contributed by atoms with Gasteiger partial charge in [-0.05, 0) is 41.7 Å². The fraction of sp³-hybridized carbons (Fsp3) is 0.444. The minimum absolute atomic E-state index is 0.106. The standard InChI is InChI=1S/C27H28F2N2O4/c28-27(29)16-22(17-27)23(32)15-18-2-1-3-21(14-18)19-4-6-20(7-5-19)24(33)30-10-12-31(13-11-30)25(34)26(35)8-9-26/h1-7,14,22,35H,8-13,15-17H2. The maximum atomic E-state index is 13.1. The molecule has 2 aliphatic carbocycles. The second kappa shape index (κ2) is 8.82. The average Bonchev–Trinajstić information content (AvgIpc) is 3.60. The molecule has 0 atom stereocenters. The van der Waals surface area contributed by atoms with Crippen LogP contribution in [-0.4, -0.2) is 70.2 Å². The van der Waals surface area contributed by atoms with Crippen LogP contribution in [0.25, 0.3) is 11.1 Å². The number of carbonyl (C=O) groups is 3. The van der Waals surface area contributed by atoms with E-state index in [0.717, 1.165) is 16.7 Å². The number of aliphatic hydroxyl groups is 1. The van der Waals surface area contributed by atoms with E-state index in [1.807, 2.05) is 36.4 Å². The van der Waals surface area contributed by atoms with Crippen LogP contribution >= 0.6 is 0 Å². The molecule has 2 aromatic carbocycles. The van der Waals surface area contributed by atoms with E-state index in [1.54, 1.807) is 21.9 Å². The molecule has 2 amide bonds. The normalized spacial score (nSPS) is 20.8. The van der Waals surface area contributed by atoms with E-state index in [2.05, 4.69) is 0 Å². The first-order valence-corrected chi connectivity index (χ1v) is 12.0. The van der Waals surface area contributed by atoms with Crippen LogP contribution in [0, 0.1) is 5.92 Å². The average molecular weight is 483 g/mol. The third-order valence-corrected chi connectivity index (χ3v) is 7.29. The zero-order chi connectivity index (χ0) is 24.8. The van der Waals surface area contributed by atoms with Crippen LogP contribution in [0.3, 0.4) is 0 Å². The highest BCUT2D eigenvalue weighted by Crippen LogP contribution is 2.43. The first kappa shape index (κ1) is 23.6. The summed E-state index contributed by atoms with van der Waals surface area (Å²) in [4.78, 5) is 40.9. The van der Waals surface area contributed by atoms with Crippen LogP contribution in [0.4, 0.5) is 8.78 Å². The maximum Gasteiger partial charge on any atom is 0.254 e. The molecule has 3 aliphatic rings. The molecule has 0 radical (unpaired) electrons. The zero-order valence-electron chi connectivity index (χ0n) is 19.4. The Hall–Kier alpha value is -3.13. The van der Waals surface area contributed by atoms with Crippen LogP contribution in [0.15, 0.2) is 48.5 Å². The van der Waals surface area contributed by atoms with E-state index < -0.39 is 17.4 Å². The molecule has 35 heavy (non-hydrogen) atoms. The van der Waals surface area contributed by atoms with Gasteiger partial charge >= 0.3 is 0 Å². The van der Waals surface area contributed by atoms with Crippen LogP contribution in [0.1, 0.15) is 41.6 Å². The highest BCUT2D eigenvalue weighted by Gasteiger charge is 2.50. The molecule has 184 valence electrons. The monoisotopic (exact) mass is 482 g/mol. The smallest absolute Gasteiger partial charge is 0.254 e. The van der Waals surface area contributed by atoms with Gasteiger partial charge in [0.15, 0.2) is 0 Å². The first-order valence-electron chi connectivity index (χ1n) is 12.0. The summed E-state index contributed by atoms with van der Waals surface area (Å²) in [5.74, 6) is -3.75. The number of hydrogen-bond acceptors (Lipinski definition) is 4. The number of alkyl halides is 2. The Morgan fingerprint density at radius 3 is 2.11 bits per heavy atom. The molecule has 1 heterocycles. The maximum absolute atomic E-state index is 13.1. The van der Waals surface area contributed by atoms with Crippen LogP contribution in [-0.2, 0) is 16.0 Å². The lowest BCUT2D eigenvalue weighted by Gasteiger charge is -2.35. The highest BCUT2D eigenvalue weighted by atomic mass is 19.3. The number of benzene rings is 2. The number of piperazine rings is 1. The Kier molecular flexibility index (Phi) is 5.95. The number of ketones is 1. The predicted molar refractivity (Wildman–Crippen MR) is 125 cm³/mol. The number of amides is 2. The third kappa shape index (κ3) is 4.98. The van der Waals surface area contributed by atoms with Gasteiger partial charge in [0.1, 0.15) is 11.4 Å². The van der Waals surface area contributed by atoms with Crippen molar-refractivity contribution in [3.05, 3.63) is 59.7 Å². The molecule has 1 aliphatic heterocycles. The van der Waals surface area contributed by atoms with Crippen molar-refractivity contribution in [2.45, 2.75) is 43.6 Å². The topological polar surface area (TPSA) is 77.9 Å². The molecule has 0 spiro atoms. The van der Waals surface area contributed by atoms with Crippen molar-refractivity contribution in [1.29, 1.82) is 0 Å².